The van der Waals surface area contributed by atoms with E-state index in [1.165, 1.54) is 11.1 Å². The number of nitrogens with zero attached hydrogens (tertiary/aromatic N) is 6. The Bertz CT molecular complexity index is 1110. The first kappa shape index (κ1) is 28.8. The number of nitrogens with one attached hydrogen (secondary N) is 2. The van der Waals surface area contributed by atoms with Crippen LogP contribution in [0.3, 0.4) is 0 Å². The Morgan fingerprint density at radius 2 is 1.77 bits per heavy atom. The number of rotatable bonds is 8. The van der Waals surface area contributed by atoms with E-state index in [0.29, 0.717) is 32.1 Å². The van der Waals surface area contributed by atoms with Gasteiger partial charge in [0.1, 0.15) is 0 Å². The minimum atomic E-state index is 0.0596. The molecule has 0 bridgehead atoms. The number of carbonyl (C=O) groups is 2. The summed E-state index contributed by atoms with van der Waals surface area (Å²) in [5.41, 5.74) is 3.71. The molecule has 4 heterocycles. The zero-order valence-electron chi connectivity index (χ0n) is 24.3. The Labute approximate surface area is 242 Å². The molecule has 218 valence electrons. The molecule has 0 radical (unpaired) electrons. The fourth-order valence-corrected chi connectivity index (χ4v) is 6.62. The molecule has 1 atom stereocenters. The van der Waals surface area contributed by atoms with Gasteiger partial charge in [0.25, 0.3) is 0 Å². The van der Waals surface area contributed by atoms with Gasteiger partial charge >= 0.3 is 0 Å². The second-order valence-corrected chi connectivity index (χ2v) is 12.8. The highest BCUT2D eigenvalue weighted by Gasteiger charge is 2.37. The van der Waals surface area contributed by atoms with Crippen molar-refractivity contribution in [3.8, 4) is 0 Å². The topological polar surface area (TPSA) is 86.8 Å². The number of carbonyl (C=O) groups excluding carboxylic acids is 2. The summed E-state index contributed by atoms with van der Waals surface area (Å²) >= 11 is 1.75. The molecular formula is C29H44N8O2S. The van der Waals surface area contributed by atoms with Crippen LogP contribution in [0.4, 0.5) is 0 Å². The van der Waals surface area contributed by atoms with E-state index in [2.05, 4.69) is 69.6 Å². The van der Waals surface area contributed by atoms with Crippen LogP contribution in [0, 0.1) is 5.92 Å². The minimum absolute atomic E-state index is 0.0596. The van der Waals surface area contributed by atoms with Gasteiger partial charge in [-0.2, -0.15) is 0 Å². The van der Waals surface area contributed by atoms with Crippen LogP contribution in [-0.2, 0) is 9.59 Å². The summed E-state index contributed by atoms with van der Waals surface area (Å²) < 4.78 is 0. The first-order valence-corrected chi connectivity index (χ1v) is 15.4. The summed E-state index contributed by atoms with van der Waals surface area (Å²) in [6.45, 7) is 10.9. The number of likely N-dealkylation sites (N-methyl/N-ethyl adjacent to an activating group) is 1. The lowest BCUT2D eigenvalue weighted by Crippen LogP contribution is -2.53. The molecule has 1 unspecified atom stereocenters. The molecule has 4 aliphatic rings. The number of benzene rings is 1. The molecule has 0 aliphatic carbocycles. The third-order valence-corrected chi connectivity index (χ3v) is 9.24. The Hall–Kier alpha value is -2.76. The summed E-state index contributed by atoms with van der Waals surface area (Å²) in [5.74, 6) is 0.929. The van der Waals surface area contributed by atoms with Crippen molar-refractivity contribution >= 4 is 34.4 Å². The van der Waals surface area contributed by atoms with Crippen molar-refractivity contribution in [3.63, 3.8) is 0 Å². The summed E-state index contributed by atoms with van der Waals surface area (Å²) in [4.78, 5) is 34.0. The van der Waals surface area contributed by atoms with Crippen molar-refractivity contribution in [1.82, 2.24) is 35.2 Å². The van der Waals surface area contributed by atoms with Crippen LogP contribution in [0.2, 0.25) is 0 Å². The van der Waals surface area contributed by atoms with E-state index in [1.54, 1.807) is 11.8 Å². The van der Waals surface area contributed by atoms with Crippen molar-refractivity contribution in [3.05, 3.63) is 41.6 Å². The number of piperidine rings is 1. The van der Waals surface area contributed by atoms with Gasteiger partial charge in [0, 0.05) is 58.3 Å². The highest BCUT2D eigenvalue weighted by Crippen LogP contribution is 2.35. The van der Waals surface area contributed by atoms with Crippen LogP contribution >= 0.6 is 11.8 Å². The maximum Gasteiger partial charge on any atom is 0.234 e. The second-order valence-electron chi connectivity index (χ2n) is 11.7. The molecule has 0 saturated carbocycles. The van der Waals surface area contributed by atoms with Gasteiger partial charge in [-0.25, -0.2) is 5.01 Å². The Morgan fingerprint density at radius 1 is 1.07 bits per heavy atom. The number of fused-ring (bicyclic) bond motifs is 1. The zero-order chi connectivity index (χ0) is 28.2. The average molecular weight is 569 g/mol. The monoisotopic (exact) mass is 568 g/mol. The SMILES string of the molecule is CC(C)c1ccc(C2=CN3N=C(N4CCC(C(=O)N5CCN(CC(=O)NCCN(C)C)CC5)CC4)SC3N2)cc1. The third-order valence-electron chi connectivity index (χ3n) is 8.13. The smallest absolute Gasteiger partial charge is 0.234 e. The van der Waals surface area contributed by atoms with Crippen LogP contribution in [0.5, 0.6) is 0 Å². The van der Waals surface area contributed by atoms with Crippen LogP contribution in [0.25, 0.3) is 5.70 Å². The average Bonchev–Trinajstić information content (AvgIpc) is 3.53. The predicted octanol–water partition coefficient (Wildman–Crippen LogP) is 1.85. The number of amides is 2. The minimum Gasteiger partial charge on any atom is -0.354 e. The fraction of sp³-hybridized carbons (Fsp3) is 0.621. The van der Waals surface area contributed by atoms with E-state index in [-0.39, 0.29) is 23.2 Å². The van der Waals surface area contributed by atoms with Gasteiger partial charge in [-0.15, -0.1) is 5.10 Å². The second kappa shape index (κ2) is 12.8. The molecule has 0 aromatic heterocycles. The molecule has 1 aromatic rings. The van der Waals surface area contributed by atoms with E-state index < -0.39 is 0 Å². The van der Waals surface area contributed by atoms with Gasteiger partial charge in [0.15, 0.2) is 10.7 Å². The lowest BCUT2D eigenvalue weighted by molar-refractivity contribution is -0.138. The van der Waals surface area contributed by atoms with Gasteiger partial charge < -0.3 is 25.3 Å². The molecule has 2 saturated heterocycles. The molecule has 4 aliphatic heterocycles. The summed E-state index contributed by atoms with van der Waals surface area (Å²) in [6, 6.07) is 8.76. The molecule has 11 heteroatoms. The maximum atomic E-state index is 13.2. The number of piperazine rings is 1. The van der Waals surface area contributed by atoms with E-state index >= 15 is 0 Å². The lowest BCUT2D eigenvalue weighted by atomic mass is 9.95. The lowest BCUT2D eigenvalue weighted by Gasteiger charge is -2.38. The standard InChI is InChI=1S/C29H44N8O2S/c1-21(2)22-5-7-23(8-6-22)25-19-37-28(31-25)40-29(32-37)36-12-9-24(10-13-36)27(39)35-17-15-34(16-18-35)20-26(38)30-11-14-33(3)4/h5-8,19,21,24,28,31H,9-18,20H2,1-4H3,(H,30,38). The first-order valence-electron chi connectivity index (χ1n) is 14.6. The highest BCUT2D eigenvalue weighted by molar-refractivity contribution is 8.14. The van der Waals surface area contributed by atoms with Crippen molar-refractivity contribution in [2.24, 2.45) is 11.0 Å². The fourth-order valence-electron chi connectivity index (χ4n) is 5.55. The maximum absolute atomic E-state index is 13.2. The summed E-state index contributed by atoms with van der Waals surface area (Å²) in [7, 11) is 3.99. The van der Waals surface area contributed by atoms with Crippen molar-refractivity contribution in [2.45, 2.75) is 38.1 Å². The van der Waals surface area contributed by atoms with Crippen LogP contribution in [0.1, 0.15) is 43.7 Å². The summed E-state index contributed by atoms with van der Waals surface area (Å²) in [6.07, 6.45) is 3.81. The quantitative estimate of drug-likeness (QED) is 0.492. The first-order chi connectivity index (χ1) is 19.3. The molecule has 2 fully saturated rings. The van der Waals surface area contributed by atoms with Gasteiger partial charge in [-0.05, 0) is 55.7 Å². The molecule has 0 spiro atoms. The van der Waals surface area contributed by atoms with Gasteiger partial charge in [-0.3, -0.25) is 14.5 Å². The van der Waals surface area contributed by atoms with Gasteiger partial charge in [-0.1, -0.05) is 38.1 Å². The molecule has 10 nitrogen and oxygen atoms in total. The summed E-state index contributed by atoms with van der Waals surface area (Å²) in [5, 5.41) is 14.5. The zero-order valence-corrected chi connectivity index (χ0v) is 25.1. The normalized spacial score (nSPS) is 21.9. The van der Waals surface area contributed by atoms with E-state index in [4.69, 9.17) is 5.10 Å². The van der Waals surface area contributed by atoms with Crippen LogP contribution < -0.4 is 10.6 Å². The highest BCUT2D eigenvalue weighted by atomic mass is 32.2. The van der Waals surface area contributed by atoms with Crippen molar-refractivity contribution in [2.75, 3.05) is 73.0 Å². The molecular weight excluding hydrogens is 524 g/mol. The molecule has 2 N–H and O–H groups in total. The van der Waals surface area contributed by atoms with E-state index in [0.717, 1.165) is 56.4 Å². The van der Waals surface area contributed by atoms with E-state index in [9.17, 15) is 9.59 Å². The van der Waals surface area contributed by atoms with E-state index in [1.807, 2.05) is 24.0 Å². The van der Waals surface area contributed by atoms with Crippen LogP contribution in [0.15, 0.2) is 35.6 Å². The van der Waals surface area contributed by atoms with Crippen molar-refractivity contribution in [1.29, 1.82) is 0 Å². The number of amidine groups is 1. The number of likely N-dealkylation sites (tertiary alicyclic amines) is 1. The molecule has 40 heavy (non-hydrogen) atoms. The Balaban J connectivity index is 1.04. The molecule has 2 amide bonds. The largest absolute Gasteiger partial charge is 0.354 e. The number of hydrogen-bond donors (Lipinski definition) is 2. The molecule has 1 aromatic carbocycles. The number of hydrazone groups is 1. The number of thioether (sulfide) groups is 1. The van der Waals surface area contributed by atoms with Crippen LogP contribution in [-0.4, -0.2) is 120 Å². The number of hydrogen-bond acceptors (Lipinski definition) is 9. The Kier molecular flexibility index (Phi) is 9.22. The van der Waals surface area contributed by atoms with Gasteiger partial charge in [0.2, 0.25) is 11.8 Å². The van der Waals surface area contributed by atoms with Crippen molar-refractivity contribution < 1.29 is 9.59 Å². The predicted molar refractivity (Wildman–Crippen MR) is 161 cm³/mol. The Morgan fingerprint density at radius 3 is 2.40 bits per heavy atom. The molecule has 5 rings (SSSR count). The third kappa shape index (κ3) is 6.92. The van der Waals surface area contributed by atoms with Gasteiger partial charge in [0.05, 0.1) is 18.4 Å².